The molecule has 0 spiro atoms. The van der Waals surface area contributed by atoms with E-state index in [1.807, 2.05) is 24.3 Å². The molecular weight excluding hydrogens is 420 g/mol. The van der Waals surface area contributed by atoms with Gasteiger partial charge in [-0.1, -0.05) is 48.5 Å². The van der Waals surface area contributed by atoms with Crippen molar-refractivity contribution in [2.24, 2.45) is 5.41 Å². The average Bonchev–Trinajstić information content (AvgIpc) is 3.11. The molecule has 0 saturated carbocycles. The number of nitrogens with zero attached hydrogens (tertiary/aromatic N) is 1. The van der Waals surface area contributed by atoms with Crippen LogP contribution in [0.3, 0.4) is 0 Å². The third-order valence-electron chi connectivity index (χ3n) is 6.75. The molecule has 4 rings (SSSR count). The van der Waals surface area contributed by atoms with Crippen LogP contribution < -0.4 is 5.32 Å². The molecule has 2 N–H and O–H groups in total. The normalized spacial score (nSPS) is 20.5. The first-order valence-electron chi connectivity index (χ1n) is 11.4. The van der Waals surface area contributed by atoms with Crippen molar-refractivity contribution in [1.82, 2.24) is 10.2 Å². The largest absolute Gasteiger partial charge is 0.481 e. The fourth-order valence-corrected chi connectivity index (χ4v) is 4.91. The number of carboxylic acid groups (broad SMARTS) is 1. The highest BCUT2D eigenvalue weighted by Gasteiger charge is 2.39. The molecule has 0 aromatic heterocycles. The van der Waals surface area contributed by atoms with Crippen molar-refractivity contribution in [1.29, 1.82) is 0 Å². The number of carbonyl (C=O) groups excluding carboxylic acids is 2. The maximum Gasteiger partial charge on any atom is 0.407 e. The van der Waals surface area contributed by atoms with Gasteiger partial charge in [0.1, 0.15) is 6.61 Å². The van der Waals surface area contributed by atoms with Gasteiger partial charge in [0.15, 0.2) is 0 Å². The summed E-state index contributed by atoms with van der Waals surface area (Å²) in [6.07, 6.45) is 0.744. The van der Waals surface area contributed by atoms with Gasteiger partial charge in [0.05, 0.1) is 5.41 Å². The molecule has 1 unspecified atom stereocenters. The number of piperidine rings is 1. The number of fused-ring (bicyclic) bond motifs is 3. The van der Waals surface area contributed by atoms with Gasteiger partial charge in [-0.25, -0.2) is 4.79 Å². The fourth-order valence-electron chi connectivity index (χ4n) is 4.91. The number of carbonyl (C=O) groups is 3. The van der Waals surface area contributed by atoms with Crippen LogP contribution in [0.5, 0.6) is 0 Å². The zero-order chi connectivity index (χ0) is 23.6. The minimum absolute atomic E-state index is 0.0258. The van der Waals surface area contributed by atoms with Gasteiger partial charge in [0.25, 0.3) is 0 Å². The summed E-state index contributed by atoms with van der Waals surface area (Å²) in [6.45, 7) is 4.37. The van der Waals surface area contributed by atoms with Gasteiger partial charge in [0.2, 0.25) is 5.91 Å². The molecular formula is C26H30N2O5. The van der Waals surface area contributed by atoms with Crippen LogP contribution in [-0.2, 0) is 14.3 Å². The van der Waals surface area contributed by atoms with Crippen LogP contribution in [0.25, 0.3) is 11.1 Å². The van der Waals surface area contributed by atoms with Crippen molar-refractivity contribution < 1.29 is 24.2 Å². The average molecular weight is 451 g/mol. The number of carboxylic acids is 1. The third kappa shape index (κ3) is 4.72. The van der Waals surface area contributed by atoms with Gasteiger partial charge in [0, 0.05) is 31.5 Å². The standard InChI is InChI=1S/C26H30N2O5/c1-17(14-23(29)28-13-7-12-26(2,16-28)24(30)31)27-25(32)33-15-22-20-10-5-3-8-18(20)19-9-4-6-11-21(19)22/h3-6,8-11,17,22H,7,12-16H2,1-2H3,(H,27,32)(H,30,31)/t17-,26?/m1/s1. The van der Waals surface area contributed by atoms with Crippen LogP contribution in [0.15, 0.2) is 48.5 Å². The van der Waals surface area contributed by atoms with Gasteiger partial charge in [-0.05, 0) is 48.9 Å². The molecule has 2 aliphatic rings. The Balaban J connectivity index is 1.31. The molecule has 2 amide bonds. The smallest absolute Gasteiger partial charge is 0.407 e. The number of hydrogen-bond acceptors (Lipinski definition) is 4. The Morgan fingerprint density at radius 1 is 1.12 bits per heavy atom. The van der Waals surface area contributed by atoms with Crippen molar-refractivity contribution >= 4 is 18.0 Å². The maximum atomic E-state index is 12.7. The van der Waals surface area contributed by atoms with Gasteiger partial charge < -0.3 is 20.1 Å². The first-order chi connectivity index (χ1) is 15.8. The molecule has 1 heterocycles. The number of benzene rings is 2. The molecule has 33 heavy (non-hydrogen) atoms. The van der Waals surface area contributed by atoms with Crippen molar-refractivity contribution in [2.75, 3.05) is 19.7 Å². The van der Waals surface area contributed by atoms with Crippen molar-refractivity contribution in [2.45, 2.75) is 45.1 Å². The van der Waals surface area contributed by atoms with Crippen LogP contribution in [0, 0.1) is 5.41 Å². The Kier molecular flexibility index (Phi) is 6.40. The molecule has 1 aliphatic heterocycles. The van der Waals surface area contributed by atoms with Gasteiger partial charge in [-0.15, -0.1) is 0 Å². The van der Waals surface area contributed by atoms with Crippen LogP contribution in [0.4, 0.5) is 4.79 Å². The molecule has 0 radical (unpaired) electrons. The SMILES string of the molecule is C[C@H](CC(=O)N1CCCC(C)(C(=O)O)C1)NC(=O)OCC1c2ccccc2-c2ccccc21. The van der Waals surface area contributed by atoms with Crippen LogP contribution >= 0.6 is 0 Å². The van der Waals surface area contributed by atoms with E-state index in [0.29, 0.717) is 19.4 Å². The molecule has 7 heteroatoms. The lowest BCUT2D eigenvalue weighted by Crippen LogP contribution is -2.49. The molecule has 7 nitrogen and oxygen atoms in total. The number of nitrogens with one attached hydrogen (secondary N) is 1. The lowest BCUT2D eigenvalue weighted by atomic mass is 9.82. The number of amides is 2. The van der Waals surface area contributed by atoms with Crippen molar-refractivity contribution in [3.63, 3.8) is 0 Å². The first kappa shape index (κ1) is 22.8. The summed E-state index contributed by atoms with van der Waals surface area (Å²) in [5, 5.41) is 12.2. The van der Waals surface area contributed by atoms with E-state index in [0.717, 1.165) is 22.3 Å². The third-order valence-corrected chi connectivity index (χ3v) is 6.75. The lowest BCUT2D eigenvalue weighted by molar-refractivity contribution is -0.153. The van der Waals surface area contributed by atoms with E-state index in [1.54, 1.807) is 18.7 Å². The highest BCUT2D eigenvalue weighted by Crippen LogP contribution is 2.44. The Morgan fingerprint density at radius 2 is 1.73 bits per heavy atom. The van der Waals surface area contributed by atoms with Crippen LogP contribution in [0.2, 0.25) is 0 Å². The molecule has 2 atom stereocenters. The molecule has 2 aromatic carbocycles. The number of rotatable bonds is 6. The fraction of sp³-hybridized carbons (Fsp3) is 0.423. The summed E-state index contributed by atoms with van der Waals surface area (Å²) in [5.74, 6) is -1.07. The molecule has 2 aromatic rings. The summed E-state index contributed by atoms with van der Waals surface area (Å²) in [5.41, 5.74) is 3.69. The van der Waals surface area contributed by atoms with Crippen molar-refractivity contribution in [3.8, 4) is 11.1 Å². The lowest BCUT2D eigenvalue weighted by Gasteiger charge is -2.38. The molecule has 0 bridgehead atoms. The highest BCUT2D eigenvalue weighted by molar-refractivity contribution is 5.81. The second-order valence-electron chi connectivity index (χ2n) is 9.36. The zero-order valence-corrected chi connectivity index (χ0v) is 19.0. The van der Waals surface area contributed by atoms with Gasteiger partial charge >= 0.3 is 12.1 Å². The van der Waals surface area contributed by atoms with Crippen molar-refractivity contribution in [3.05, 3.63) is 59.7 Å². The predicted octanol–water partition coefficient (Wildman–Crippen LogP) is 4.02. The highest BCUT2D eigenvalue weighted by atomic mass is 16.5. The molecule has 1 saturated heterocycles. The Labute approximate surface area is 193 Å². The topological polar surface area (TPSA) is 95.9 Å². The Morgan fingerprint density at radius 3 is 2.33 bits per heavy atom. The number of ether oxygens (including phenoxy) is 1. The van der Waals surface area contributed by atoms with E-state index < -0.39 is 23.5 Å². The maximum absolute atomic E-state index is 12.7. The van der Waals surface area contributed by atoms with E-state index in [2.05, 4.69) is 29.6 Å². The summed E-state index contributed by atoms with van der Waals surface area (Å²) < 4.78 is 5.55. The number of hydrogen-bond donors (Lipinski definition) is 2. The van der Waals surface area contributed by atoms with E-state index in [-0.39, 0.29) is 31.4 Å². The second kappa shape index (κ2) is 9.25. The number of likely N-dealkylation sites (tertiary alicyclic amines) is 1. The first-order valence-corrected chi connectivity index (χ1v) is 11.4. The summed E-state index contributed by atoms with van der Waals surface area (Å²) in [7, 11) is 0. The summed E-state index contributed by atoms with van der Waals surface area (Å²) in [4.78, 5) is 38.3. The monoisotopic (exact) mass is 450 g/mol. The molecule has 174 valence electrons. The van der Waals surface area contributed by atoms with Gasteiger partial charge in [-0.3, -0.25) is 9.59 Å². The second-order valence-corrected chi connectivity index (χ2v) is 9.36. The summed E-state index contributed by atoms with van der Waals surface area (Å²) >= 11 is 0. The summed E-state index contributed by atoms with van der Waals surface area (Å²) in [6, 6.07) is 15.8. The van der Waals surface area contributed by atoms with E-state index in [1.165, 1.54) is 0 Å². The number of aliphatic carboxylic acids is 1. The van der Waals surface area contributed by atoms with Crippen LogP contribution in [0.1, 0.15) is 50.2 Å². The minimum atomic E-state index is -0.919. The van der Waals surface area contributed by atoms with E-state index in [9.17, 15) is 19.5 Å². The molecule has 1 aliphatic carbocycles. The van der Waals surface area contributed by atoms with Crippen LogP contribution in [-0.4, -0.2) is 53.7 Å². The quantitative estimate of drug-likeness (QED) is 0.693. The molecule has 1 fully saturated rings. The van der Waals surface area contributed by atoms with E-state index >= 15 is 0 Å². The minimum Gasteiger partial charge on any atom is -0.481 e. The Hall–Kier alpha value is -3.35. The zero-order valence-electron chi connectivity index (χ0n) is 19.0. The van der Waals surface area contributed by atoms with E-state index in [4.69, 9.17) is 4.74 Å². The van der Waals surface area contributed by atoms with Gasteiger partial charge in [-0.2, -0.15) is 0 Å². The number of alkyl carbamates (subject to hydrolysis) is 1. The Bertz CT molecular complexity index is 1020. The predicted molar refractivity (Wildman–Crippen MR) is 124 cm³/mol.